The highest BCUT2D eigenvalue weighted by atomic mass is 79.9. The lowest BCUT2D eigenvalue weighted by atomic mass is 10.1. The van der Waals surface area contributed by atoms with Gasteiger partial charge in [0.1, 0.15) is 28.2 Å². The number of rotatable bonds is 3. The molecule has 0 bridgehead atoms. The van der Waals surface area contributed by atoms with Crippen molar-refractivity contribution in [3.8, 4) is 22.8 Å². The second-order valence-corrected chi connectivity index (χ2v) is 5.60. The molecule has 0 radical (unpaired) electrons. The van der Waals surface area contributed by atoms with Gasteiger partial charge in [-0.25, -0.2) is 0 Å². The van der Waals surface area contributed by atoms with E-state index in [0.29, 0.717) is 28.2 Å². The normalized spacial score (nSPS) is 10.7. The van der Waals surface area contributed by atoms with Crippen molar-refractivity contribution in [2.75, 3.05) is 14.2 Å². The van der Waals surface area contributed by atoms with Crippen molar-refractivity contribution in [3.63, 3.8) is 0 Å². The standard InChI is InChI=1S/C17H13BrO4/c1-20-12-7-15(21-2)17-13(19)9-14(22-16(17)8-12)10-4-3-5-11(18)6-10/h3-9H,1-2H3. The maximum Gasteiger partial charge on any atom is 0.197 e. The Kier molecular flexibility index (Phi) is 3.90. The van der Waals surface area contributed by atoms with Crippen LogP contribution in [-0.2, 0) is 0 Å². The molecule has 5 heteroatoms. The van der Waals surface area contributed by atoms with Gasteiger partial charge in [0.15, 0.2) is 5.43 Å². The smallest absolute Gasteiger partial charge is 0.197 e. The Morgan fingerprint density at radius 2 is 1.86 bits per heavy atom. The molecule has 0 fully saturated rings. The molecule has 112 valence electrons. The molecule has 0 saturated carbocycles. The molecule has 2 aromatic carbocycles. The van der Waals surface area contributed by atoms with Gasteiger partial charge in [-0.15, -0.1) is 0 Å². The molecule has 1 aromatic heterocycles. The largest absolute Gasteiger partial charge is 0.496 e. The SMILES string of the molecule is COc1cc(OC)c2c(=O)cc(-c3cccc(Br)c3)oc2c1. The fraction of sp³-hybridized carbons (Fsp3) is 0.118. The summed E-state index contributed by atoms with van der Waals surface area (Å²) in [6.45, 7) is 0. The molecule has 3 rings (SSSR count). The van der Waals surface area contributed by atoms with E-state index >= 15 is 0 Å². The number of ether oxygens (including phenoxy) is 2. The maximum atomic E-state index is 12.4. The molecule has 0 N–H and O–H groups in total. The van der Waals surface area contributed by atoms with Crippen molar-refractivity contribution in [1.82, 2.24) is 0 Å². The van der Waals surface area contributed by atoms with E-state index in [9.17, 15) is 4.79 Å². The molecule has 0 amide bonds. The number of methoxy groups -OCH3 is 2. The predicted octanol–water partition coefficient (Wildman–Crippen LogP) is 4.24. The summed E-state index contributed by atoms with van der Waals surface area (Å²) in [5.74, 6) is 1.50. The van der Waals surface area contributed by atoms with Gasteiger partial charge in [-0.1, -0.05) is 28.1 Å². The Labute approximate surface area is 135 Å². The average molecular weight is 361 g/mol. The Morgan fingerprint density at radius 3 is 2.55 bits per heavy atom. The predicted molar refractivity (Wildman–Crippen MR) is 88.7 cm³/mol. The van der Waals surface area contributed by atoms with Crippen LogP contribution in [0.5, 0.6) is 11.5 Å². The van der Waals surface area contributed by atoms with Crippen LogP contribution in [0.4, 0.5) is 0 Å². The quantitative estimate of drug-likeness (QED) is 0.700. The lowest BCUT2D eigenvalue weighted by Gasteiger charge is -2.09. The van der Waals surface area contributed by atoms with E-state index < -0.39 is 0 Å². The van der Waals surface area contributed by atoms with E-state index in [-0.39, 0.29) is 5.43 Å². The van der Waals surface area contributed by atoms with Crippen LogP contribution >= 0.6 is 15.9 Å². The van der Waals surface area contributed by atoms with Gasteiger partial charge < -0.3 is 13.9 Å². The zero-order chi connectivity index (χ0) is 15.7. The number of hydrogen-bond donors (Lipinski definition) is 0. The van der Waals surface area contributed by atoms with Crippen LogP contribution in [0, 0.1) is 0 Å². The van der Waals surface area contributed by atoms with Crippen LogP contribution in [0.3, 0.4) is 0 Å². The number of benzene rings is 2. The summed E-state index contributed by atoms with van der Waals surface area (Å²) in [6, 6.07) is 12.4. The van der Waals surface area contributed by atoms with Crippen molar-refractivity contribution in [3.05, 3.63) is 57.2 Å². The highest BCUT2D eigenvalue weighted by Gasteiger charge is 2.13. The molecule has 1 heterocycles. The van der Waals surface area contributed by atoms with Crippen molar-refractivity contribution in [2.45, 2.75) is 0 Å². The molecule has 0 aliphatic rings. The number of hydrogen-bond acceptors (Lipinski definition) is 4. The van der Waals surface area contributed by atoms with Gasteiger partial charge in [-0.05, 0) is 12.1 Å². The number of fused-ring (bicyclic) bond motifs is 1. The second-order valence-electron chi connectivity index (χ2n) is 4.69. The first-order valence-corrected chi connectivity index (χ1v) is 7.37. The molecular formula is C17H13BrO4. The summed E-state index contributed by atoms with van der Waals surface area (Å²) in [5.41, 5.74) is 1.09. The minimum Gasteiger partial charge on any atom is -0.496 e. The molecule has 22 heavy (non-hydrogen) atoms. The van der Waals surface area contributed by atoms with E-state index in [2.05, 4.69) is 15.9 Å². The summed E-state index contributed by atoms with van der Waals surface area (Å²) in [5, 5.41) is 0.405. The zero-order valence-electron chi connectivity index (χ0n) is 12.1. The summed E-state index contributed by atoms with van der Waals surface area (Å²) >= 11 is 3.41. The highest BCUT2D eigenvalue weighted by molar-refractivity contribution is 9.10. The van der Waals surface area contributed by atoms with Crippen molar-refractivity contribution in [1.29, 1.82) is 0 Å². The summed E-state index contributed by atoms with van der Waals surface area (Å²) in [4.78, 5) is 12.4. The van der Waals surface area contributed by atoms with Crippen molar-refractivity contribution < 1.29 is 13.9 Å². The van der Waals surface area contributed by atoms with Gasteiger partial charge in [0.2, 0.25) is 0 Å². The lowest BCUT2D eigenvalue weighted by Crippen LogP contribution is -2.03. The molecule has 4 nitrogen and oxygen atoms in total. The van der Waals surface area contributed by atoms with Crippen LogP contribution in [-0.4, -0.2) is 14.2 Å². The van der Waals surface area contributed by atoms with Crippen LogP contribution in [0.25, 0.3) is 22.3 Å². The van der Waals surface area contributed by atoms with E-state index in [4.69, 9.17) is 13.9 Å². The zero-order valence-corrected chi connectivity index (χ0v) is 13.6. The lowest BCUT2D eigenvalue weighted by molar-refractivity contribution is 0.396. The summed E-state index contributed by atoms with van der Waals surface area (Å²) in [7, 11) is 3.06. The van der Waals surface area contributed by atoms with Crippen molar-refractivity contribution >= 4 is 26.9 Å². The average Bonchev–Trinajstić information content (AvgIpc) is 2.53. The molecule has 0 aliphatic heterocycles. The third-order valence-corrected chi connectivity index (χ3v) is 3.83. The van der Waals surface area contributed by atoms with Crippen LogP contribution < -0.4 is 14.9 Å². The molecule has 0 unspecified atom stereocenters. The van der Waals surface area contributed by atoms with Crippen LogP contribution in [0.15, 0.2) is 56.1 Å². The highest BCUT2D eigenvalue weighted by Crippen LogP contribution is 2.32. The van der Waals surface area contributed by atoms with Gasteiger partial charge in [0, 0.05) is 28.2 Å². The molecule has 0 aliphatic carbocycles. The maximum absolute atomic E-state index is 12.4. The van der Waals surface area contributed by atoms with Crippen LogP contribution in [0.1, 0.15) is 0 Å². The first kappa shape index (κ1) is 14.7. The molecule has 3 aromatic rings. The minimum atomic E-state index is -0.157. The monoisotopic (exact) mass is 360 g/mol. The van der Waals surface area contributed by atoms with E-state index in [0.717, 1.165) is 10.0 Å². The Morgan fingerprint density at radius 1 is 1.05 bits per heavy atom. The first-order chi connectivity index (χ1) is 10.6. The number of halogens is 1. The third kappa shape index (κ3) is 2.60. The fourth-order valence-corrected chi connectivity index (χ4v) is 2.69. The molecule has 0 spiro atoms. The third-order valence-electron chi connectivity index (χ3n) is 3.33. The first-order valence-electron chi connectivity index (χ1n) is 6.58. The van der Waals surface area contributed by atoms with Gasteiger partial charge >= 0.3 is 0 Å². The Bertz CT molecular complexity index is 899. The van der Waals surface area contributed by atoms with Gasteiger partial charge in [0.25, 0.3) is 0 Å². The van der Waals surface area contributed by atoms with Crippen molar-refractivity contribution in [2.24, 2.45) is 0 Å². The molecule has 0 atom stereocenters. The summed E-state index contributed by atoms with van der Waals surface area (Å²) < 4.78 is 17.3. The van der Waals surface area contributed by atoms with Gasteiger partial charge in [-0.3, -0.25) is 4.79 Å². The second kappa shape index (κ2) is 5.85. The summed E-state index contributed by atoms with van der Waals surface area (Å²) in [6.07, 6.45) is 0. The minimum absolute atomic E-state index is 0.157. The fourth-order valence-electron chi connectivity index (χ4n) is 2.29. The Balaban J connectivity index is 2.30. The van der Waals surface area contributed by atoms with Gasteiger partial charge in [-0.2, -0.15) is 0 Å². The van der Waals surface area contributed by atoms with E-state index in [1.54, 1.807) is 19.2 Å². The van der Waals surface area contributed by atoms with E-state index in [1.807, 2.05) is 24.3 Å². The van der Waals surface area contributed by atoms with Crippen LogP contribution in [0.2, 0.25) is 0 Å². The Hall–Kier alpha value is -2.27. The molecular weight excluding hydrogens is 348 g/mol. The van der Waals surface area contributed by atoms with Gasteiger partial charge in [0.05, 0.1) is 14.2 Å². The topological polar surface area (TPSA) is 48.7 Å². The van der Waals surface area contributed by atoms with E-state index in [1.165, 1.54) is 13.2 Å². The molecule has 0 saturated heterocycles.